The Kier molecular flexibility index (Phi) is 6.22. The highest BCUT2D eigenvalue weighted by atomic mass is 16.6. The molecule has 8 heteroatoms. The molecule has 0 spiro atoms. The van der Waals surface area contributed by atoms with E-state index in [1.54, 1.807) is 11.0 Å². The molecular weight excluding hydrogens is 348 g/mol. The lowest BCUT2D eigenvalue weighted by molar-refractivity contribution is -0.0263. The molecule has 1 atom stereocenters. The first kappa shape index (κ1) is 18.7. The molecule has 1 saturated heterocycles. The molecule has 2 amide bonds. The van der Waals surface area contributed by atoms with Crippen molar-refractivity contribution in [2.24, 2.45) is 0 Å². The molecule has 1 aromatic carbocycles. The van der Waals surface area contributed by atoms with E-state index < -0.39 is 6.09 Å². The highest BCUT2D eigenvalue weighted by Gasteiger charge is 2.26. The molecule has 27 heavy (non-hydrogen) atoms. The molecule has 1 fully saturated rings. The van der Waals surface area contributed by atoms with E-state index in [1.807, 2.05) is 30.3 Å². The maximum Gasteiger partial charge on any atom is 0.410 e. The Morgan fingerprint density at radius 1 is 1.30 bits per heavy atom. The Morgan fingerprint density at radius 3 is 2.89 bits per heavy atom. The standard InChI is InChI=1S/C19H22N4O4/c20-17-11-21-7-6-16(17)18(24)22-10-15-12-23(8-9-26-15)19(25)27-13-14-4-2-1-3-5-14/h1-7,11,15H,8-10,12-13,20H2,(H,22,24). The monoisotopic (exact) mass is 370 g/mol. The van der Waals surface area contributed by atoms with Crippen LogP contribution in [0.2, 0.25) is 0 Å². The summed E-state index contributed by atoms with van der Waals surface area (Å²) in [5.41, 5.74) is 7.35. The van der Waals surface area contributed by atoms with E-state index in [0.717, 1.165) is 5.56 Å². The summed E-state index contributed by atoms with van der Waals surface area (Å²) in [6.45, 7) is 1.68. The van der Waals surface area contributed by atoms with Gasteiger partial charge in [0, 0.05) is 19.3 Å². The summed E-state index contributed by atoms with van der Waals surface area (Å²) in [6.07, 6.45) is 2.23. The highest BCUT2D eigenvalue weighted by molar-refractivity contribution is 5.98. The molecule has 8 nitrogen and oxygen atoms in total. The highest BCUT2D eigenvalue weighted by Crippen LogP contribution is 2.11. The molecule has 2 heterocycles. The minimum absolute atomic E-state index is 0.222. The number of morpholine rings is 1. The van der Waals surface area contributed by atoms with Crippen LogP contribution in [0.3, 0.4) is 0 Å². The SMILES string of the molecule is Nc1cnccc1C(=O)NCC1CN(C(=O)OCc2ccccc2)CCO1. The Balaban J connectivity index is 1.47. The molecule has 3 rings (SSSR count). The summed E-state index contributed by atoms with van der Waals surface area (Å²) in [6, 6.07) is 11.1. The number of hydrogen-bond donors (Lipinski definition) is 2. The molecule has 1 aliphatic heterocycles. The van der Waals surface area contributed by atoms with E-state index in [4.69, 9.17) is 15.2 Å². The van der Waals surface area contributed by atoms with Crippen molar-refractivity contribution in [1.29, 1.82) is 0 Å². The number of amides is 2. The third-order valence-corrected chi connectivity index (χ3v) is 4.19. The molecule has 0 saturated carbocycles. The van der Waals surface area contributed by atoms with Gasteiger partial charge in [-0.2, -0.15) is 0 Å². The van der Waals surface area contributed by atoms with Crippen LogP contribution in [-0.4, -0.2) is 54.2 Å². The number of benzene rings is 1. The summed E-state index contributed by atoms with van der Waals surface area (Å²) in [5.74, 6) is -0.303. The van der Waals surface area contributed by atoms with Crippen molar-refractivity contribution in [2.75, 3.05) is 32.0 Å². The smallest absolute Gasteiger partial charge is 0.410 e. The number of carbonyl (C=O) groups excluding carboxylic acids is 2. The molecule has 2 aromatic rings. The number of nitrogen functional groups attached to an aromatic ring is 1. The van der Waals surface area contributed by atoms with Crippen molar-refractivity contribution in [1.82, 2.24) is 15.2 Å². The van der Waals surface area contributed by atoms with E-state index in [1.165, 1.54) is 12.4 Å². The lowest BCUT2D eigenvalue weighted by Gasteiger charge is -2.32. The lowest BCUT2D eigenvalue weighted by atomic mass is 10.2. The Morgan fingerprint density at radius 2 is 2.11 bits per heavy atom. The van der Waals surface area contributed by atoms with Crippen molar-refractivity contribution < 1.29 is 19.1 Å². The van der Waals surface area contributed by atoms with E-state index in [9.17, 15) is 9.59 Å². The third-order valence-electron chi connectivity index (χ3n) is 4.19. The largest absolute Gasteiger partial charge is 0.445 e. The first-order valence-electron chi connectivity index (χ1n) is 8.68. The summed E-state index contributed by atoms with van der Waals surface area (Å²) >= 11 is 0. The van der Waals surface area contributed by atoms with Crippen LogP contribution in [0.15, 0.2) is 48.8 Å². The van der Waals surface area contributed by atoms with Crippen molar-refractivity contribution in [3.05, 3.63) is 59.9 Å². The van der Waals surface area contributed by atoms with Crippen molar-refractivity contribution in [3.8, 4) is 0 Å². The van der Waals surface area contributed by atoms with Gasteiger partial charge in [-0.1, -0.05) is 30.3 Å². The second kappa shape index (κ2) is 9.00. The van der Waals surface area contributed by atoms with E-state index in [-0.39, 0.29) is 25.2 Å². The van der Waals surface area contributed by atoms with Gasteiger partial charge in [0.25, 0.3) is 5.91 Å². The summed E-state index contributed by atoms with van der Waals surface area (Å²) in [5, 5.41) is 2.78. The maximum absolute atomic E-state index is 12.3. The number of rotatable bonds is 5. The van der Waals surface area contributed by atoms with Crippen LogP contribution < -0.4 is 11.1 Å². The molecule has 0 radical (unpaired) electrons. The first-order valence-corrected chi connectivity index (χ1v) is 8.68. The predicted octanol–water partition coefficient (Wildman–Crippen LogP) is 1.43. The van der Waals surface area contributed by atoms with Crippen LogP contribution in [0.5, 0.6) is 0 Å². The molecule has 1 aliphatic rings. The topological polar surface area (TPSA) is 107 Å². The second-order valence-corrected chi connectivity index (χ2v) is 6.15. The molecule has 142 valence electrons. The Bertz CT molecular complexity index is 784. The number of hydrogen-bond acceptors (Lipinski definition) is 6. The van der Waals surface area contributed by atoms with E-state index in [0.29, 0.717) is 30.9 Å². The number of nitrogens with two attached hydrogens (primary N) is 1. The van der Waals surface area contributed by atoms with Crippen LogP contribution in [0.4, 0.5) is 10.5 Å². The van der Waals surface area contributed by atoms with Crippen LogP contribution in [-0.2, 0) is 16.1 Å². The molecule has 1 aromatic heterocycles. The Hall–Kier alpha value is -3.13. The van der Waals surface area contributed by atoms with Crippen LogP contribution in [0.25, 0.3) is 0 Å². The average Bonchev–Trinajstić information content (AvgIpc) is 2.71. The number of nitrogens with zero attached hydrogens (tertiary/aromatic N) is 2. The lowest BCUT2D eigenvalue weighted by Crippen LogP contribution is -2.49. The van der Waals surface area contributed by atoms with Gasteiger partial charge in [-0.3, -0.25) is 9.78 Å². The zero-order chi connectivity index (χ0) is 19.1. The minimum Gasteiger partial charge on any atom is -0.445 e. The van der Waals surface area contributed by atoms with Gasteiger partial charge >= 0.3 is 6.09 Å². The maximum atomic E-state index is 12.3. The molecule has 0 bridgehead atoms. The fourth-order valence-electron chi connectivity index (χ4n) is 2.73. The molecule has 1 unspecified atom stereocenters. The minimum atomic E-state index is -0.392. The number of pyridine rings is 1. The fraction of sp³-hybridized carbons (Fsp3) is 0.316. The quantitative estimate of drug-likeness (QED) is 0.825. The first-order chi connectivity index (χ1) is 13.1. The van der Waals surface area contributed by atoms with Gasteiger partial charge in [-0.05, 0) is 11.6 Å². The third kappa shape index (κ3) is 5.18. The zero-order valence-corrected chi connectivity index (χ0v) is 14.8. The van der Waals surface area contributed by atoms with Crippen LogP contribution in [0.1, 0.15) is 15.9 Å². The van der Waals surface area contributed by atoms with Gasteiger partial charge in [-0.15, -0.1) is 0 Å². The molecule has 0 aliphatic carbocycles. The van der Waals surface area contributed by atoms with Gasteiger partial charge in [-0.25, -0.2) is 4.79 Å². The molecular formula is C19H22N4O4. The number of ether oxygens (including phenoxy) is 2. The van der Waals surface area contributed by atoms with Crippen LogP contribution >= 0.6 is 0 Å². The number of carbonyl (C=O) groups is 2. The summed E-state index contributed by atoms with van der Waals surface area (Å²) in [7, 11) is 0. The predicted molar refractivity (Wildman–Crippen MR) is 98.9 cm³/mol. The van der Waals surface area contributed by atoms with Crippen molar-refractivity contribution in [3.63, 3.8) is 0 Å². The molecule has 3 N–H and O–H groups in total. The van der Waals surface area contributed by atoms with Crippen molar-refractivity contribution in [2.45, 2.75) is 12.7 Å². The fourth-order valence-corrected chi connectivity index (χ4v) is 2.73. The van der Waals surface area contributed by atoms with Gasteiger partial charge < -0.3 is 25.4 Å². The summed E-state index contributed by atoms with van der Waals surface area (Å²) in [4.78, 5) is 29.9. The average molecular weight is 370 g/mol. The number of nitrogens with one attached hydrogen (secondary N) is 1. The van der Waals surface area contributed by atoms with Gasteiger partial charge in [0.15, 0.2) is 0 Å². The zero-order valence-electron chi connectivity index (χ0n) is 14.8. The second-order valence-electron chi connectivity index (χ2n) is 6.15. The van der Waals surface area contributed by atoms with Crippen molar-refractivity contribution >= 4 is 17.7 Å². The van der Waals surface area contributed by atoms with E-state index >= 15 is 0 Å². The summed E-state index contributed by atoms with van der Waals surface area (Å²) < 4.78 is 11.0. The normalized spacial score (nSPS) is 16.6. The van der Waals surface area contributed by atoms with Gasteiger partial charge in [0.2, 0.25) is 0 Å². The van der Waals surface area contributed by atoms with Gasteiger partial charge in [0.05, 0.1) is 36.7 Å². The van der Waals surface area contributed by atoms with Crippen LogP contribution in [0, 0.1) is 0 Å². The van der Waals surface area contributed by atoms with E-state index in [2.05, 4.69) is 10.3 Å². The van der Waals surface area contributed by atoms with Gasteiger partial charge in [0.1, 0.15) is 6.61 Å². The number of aromatic nitrogens is 1. The Labute approximate surface area is 157 Å². The number of anilines is 1.